The van der Waals surface area contributed by atoms with Gasteiger partial charge in [-0.3, -0.25) is 4.98 Å². The molecule has 0 aliphatic rings. The molecule has 0 saturated heterocycles. The normalized spacial score (nSPS) is 10.5. The molecule has 7 heteroatoms. The Morgan fingerprint density at radius 3 is 2.32 bits per heavy atom. The monoisotopic (exact) mass is 449 g/mol. The van der Waals surface area contributed by atoms with Crippen molar-refractivity contribution in [2.75, 3.05) is 19.5 Å². The van der Waals surface area contributed by atoms with Crippen LogP contribution in [-0.2, 0) is 0 Å². The van der Waals surface area contributed by atoms with Crippen LogP contribution in [-0.4, -0.2) is 19.2 Å². The Hall–Kier alpha value is -3.46. The Morgan fingerprint density at radius 2 is 1.65 bits per heavy atom. The molecule has 4 rings (SSSR count). The number of halogens is 2. The average Bonchev–Trinajstić information content (AvgIpc) is 2.80. The summed E-state index contributed by atoms with van der Waals surface area (Å²) in [5.74, 6) is 1.27. The molecule has 3 aromatic carbocycles. The number of hydrogen-bond donors (Lipinski definition) is 1. The van der Waals surface area contributed by atoms with Gasteiger partial charge in [-0.1, -0.05) is 47.5 Å². The zero-order valence-electron chi connectivity index (χ0n) is 16.7. The summed E-state index contributed by atoms with van der Waals surface area (Å²) in [6.45, 7) is 0. The highest BCUT2D eigenvalue weighted by atomic mass is 35.5. The van der Waals surface area contributed by atoms with Crippen LogP contribution in [0.15, 0.2) is 60.8 Å². The van der Waals surface area contributed by atoms with Gasteiger partial charge in [-0.2, -0.15) is 5.26 Å². The van der Waals surface area contributed by atoms with Crippen molar-refractivity contribution in [2.45, 2.75) is 0 Å². The molecule has 0 amide bonds. The molecule has 1 aromatic heterocycles. The molecule has 0 bridgehead atoms. The molecule has 1 heterocycles. The Morgan fingerprint density at radius 1 is 0.903 bits per heavy atom. The van der Waals surface area contributed by atoms with Crippen LogP contribution in [0.3, 0.4) is 0 Å². The molecule has 0 spiro atoms. The lowest BCUT2D eigenvalue weighted by molar-refractivity contribution is 0.415. The maximum Gasteiger partial charge on any atom is 0.139 e. The second-order valence-corrected chi connectivity index (χ2v) is 7.53. The van der Waals surface area contributed by atoms with Crippen molar-refractivity contribution >= 4 is 45.5 Å². The minimum atomic E-state index is 0.398. The van der Waals surface area contributed by atoms with Crippen LogP contribution in [0.1, 0.15) is 5.56 Å². The number of methoxy groups -OCH3 is 2. The first-order valence-corrected chi connectivity index (χ1v) is 10.1. The van der Waals surface area contributed by atoms with Crippen molar-refractivity contribution in [2.24, 2.45) is 0 Å². The molecule has 5 nitrogen and oxygen atoms in total. The van der Waals surface area contributed by atoms with Gasteiger partial charge in [-0.15, -0.1) is 0 Å². The molecule has 0 unspecified atom stereocenters. The largest absolute Gasteiger partial charge is 0.497 e. The molecular formula is C24H17Cl2N3O2. The zero-order chi connectivity index (χ0) is 22.0. The van der Waals surface area contributed by atoms with Crippen LogP contribution >= 0.6 is 23.2 Å². The predicted octanol–water partition coefficient (Wildman–Crippen LogP) is 6.84. The lowest BCUT2D eigenvalue weighted by Crippen LogP contribution is -1.98. The Kier molecular flexibility index (Phi) is 5.85. The fourth-order valence-corrected chi connectivity index (χ4v) is 3.80. The van der Waals surface area contributed by atoms with Crippen LogP contribution < -0.4 is 14.8 Å². The van der Waals surface area contributed by atoms with E-state index in [2.05, 4.69) is 16.4 Å². The number of nitriles is 1. The summed E-state index contributed by atoms with van der Waals surface area (Å²) in [4.78, 5) is 4.48. The number of aromatic nitrogens is 1. The Labute approximate surface area is 189 Å². The molecule has 0 radical (unpaired) electrons. The summed E-state index contributed by atoms with van der Waals surface area (Å²) in [6, 6.07) is 19.2. The van der Waals surface area contributed by atoms with Crippen LogP contribution in [0, 0.1) is 11.3 Å². The van der Waals surface area contributed by atoms with Crippen molar-refractivity contribution in [3.63, 3.8) is 0 Å². The zero-order valence-corrected chi connectivity index (χ0v) is 18.3. The first-order valence-electron chi connectivity index (χ1n) is 9.31. The van der Waals surface area contributed by atoms with Crippen LogP contribution in [0.25, 0.3) is 22.0 Å². The maximum atomic E-state index is 9.63. The fourth-order valence-electron chi connectivity index (χ4n) is 3.29. The summed E-state index contributed by atoms with van der Waals surface area (Å²) in [7, 11) is 3.17. The van der Waals surface area contributed by atoms with Gasteiger partial charge in [0.25, 0.3) is 0 Å². The highest BCUT2D eigenvalue weighted by Crippen LogP contribution is 2.38. The van der Waals surface area contributed by atoms with E-state index in [0.717, 1.165) is 27.8 Å². The summed E-state index contributed by atoms with van der Waals surface area (Å²) in [5, 5.41) is 14.5. The fraction of sp³-hybridized carbons (Fsp3) is 0.0833. The molecule has 4 aromatic rings. The van der Waals surface area contributed by atoms with E-state index >= 15 is 0 Å². The SMILES string of the molecule is COc1ccc(-c2ccc3c(Nc4cc(OC)c(Cl)cc4Cl)c(C#N)cnc3c2)cc1. The lowest BCUT2D eigenvalue weighted by Gasteiger charge is -2.15. The van der Waals surface area contributed by atoms with Gasteiger partial charge in [-0.25, -0.2) is 0 Å². The summed E-state index contributed by atoms with van der Waals surface area (Å²) in [5.41, 5.74) is 4.37. The van der Waals surface area contributed by atoms with Crippen molar-refractivity contribution in [1.29, 1.82) is 5.26 Å². The van der Waals surface area contributed by atoms with Gasteiger partial charge in [0.2, 0.25) is 0 Å². The molecule has 0 aliphatic heterocycles. The highest BCUT2D eigenvalue weighted by molar-refractivity contribution is 6.37. The standard InChI is InChI=1S/C24H17Cl2N3O2/c1-30-17-6-3-14(4-7-17)15-5-8-18-21(9-15)28-13-16(12-27)24(18)29-22-11-23(31-2)20(26)10-19(22)25/h3-11,13H,1-2H3,(H,28,29). The van der Waals surface area contributed by atoms with Gasteiger partial charge < -0.3 is 14.8 Å². The number of hydrogen-bond acceptors (Lipinski definition) is 5. The molecule has 1 N–H and O–H groups in total. The number of nitrogens with zero attached hydrogens (tertiary/aromatic N) is 2. The molecule has 0 fully saturated rings. The van der Waals surface area contributed by atoms with Crippen molar-refractivity contribution in [3.8, 4) is 28.7 Å². The smallest absolute Gasteiger partial charge is 0.139 e. The van der Waals surface area contributed by atoms with E-state index < -0.39 is 0 Å². The number of ether oxygens (including phenoxy) is 2. The van der Waals surface area contributed by atoms with E-state index in [-0.39, 0.29) is 0 Å². The third kappa shape index (κ3) is 4.09. The number of fused-ring (bicyclic) bond motifs is 1. The van der Waals surface area contributed by atoms with Crippen LogP contribution in [0.5, 0.6) is 11.5 Å². The summed E-state index contributed by atoms with van der Waals surface area (Å²) in [6.07, 6.45) is 1.55. The van der Waals surface area contributed by atoms with Gasteiger partial charge in [0.05, 0.1) is 46.7 Å². The third-order valence-electron chi connectivity index (χ3n) is 4.91. The second kappa shape index (κ2) is 8.73. The molecule has 154 valence electrons. The van der Waals surface area contributed by atoms with Crippen LogP contribution in [0.2, 0.25) is 10.0 Å². The van der Waals surface area contributed by atoms with Gasteiger partial charge >= 0.3 is 0 Å². The van der Waals surface area contributed by atoms with Gasteiger partial charge in [-0.05, 0) is 35.4 Å². The Balaban J connectivity index is 1.80. The predicted molar refractivity (Wildman–Crippen MR) is 125 cm³/mol. The van der Waals surface area contributed by atoms with E-state index in [4.69, 9.17) is 32.7 Å². The first kappa shape index (κ1) is 20.8. The minimum absolute atomic E-state index is 0.398. The number of rotatable bonds is 5. The molecule has 31 heavy (non-hydrogen) atoms. The maximum absolute atomic E-state index is 9.63. The van der Waals surface area contributed by atoms with Crippen LogP contribution in [0.4, 0.5) is 11.4 Å². The lowest BCUT2D eigenvalue weighted by atomic mass is 10.0. The number of benzene rings is 3. The Bertz CT molecular complexity index is 1320. The number of anilines is 2. The number of pyridine rings is 1. The first-order chi connectivity index (χ1) is 15.0. The molecular weight excluding hydrogens is 433 g/mol. The quantitative estimate of drug-likeness (QED) is 0.361. The topological polar surface area (TPSA) is 67.2 Å². The highest BCUT2D eigenvalue weighted by Gasteiger charge is 2.14. The molecule has 0 atom stereocenters. The van der Waals surface area contributed by atoms with E-state index in [1.807, 2.05) is 42.5 Å². The van der Waals surface area contributed by atoms with E-state index in [0.29, 0.717) is 32.7 Å². The molecule has 0 saturated carbocycles. The average molecular weight is 450 g/mol. The van der Waals surface area contributed by atoms with Crippen molar-refractivity contribution < 1.29 is 9.47 Å². The van der Waals surface area contributed by atoms with Crippen molar-refractivity contribution in [3.05, 3.63) is 76.4 Å². The van der Waals surface area contributed by atoms with Gasteiger partial charge in [0.1, 0.15) is 17.6 Å². The van der Waals surface area contributed by atoms with E-state index in [1.54, 1.807) is 25.4 Å². The molecule has 0 aliphatic carbocycles. The summed E-state index contributed by atoms with van der Waals surface area (Å²) >= 11 is 12.5. The van der Waals surface area contributed by atoms with Gasteiger partial charge in [0.15, 0.2) is 0 Å². The minimum Gasteiger partial charge on any atom is -0.497 e. The van der Waals surface area contributed by atoms with Crippen molar-refractivity contribution in [1.82, 2.24) is 4.98 Å². The van der Waals surface area contributed by atoms with E-state index in [9.17, 15) is 5.26 Å². The van der Waals surface area contributed by atoms with E-state index in [1.165, 1.54) is 7.11 Å². The summed E-state index contributed by atoms with van der Waals surface area (Å²) < 4.78 is 10.5. The number of nitrogens with one attached hydrogen (secondary N) is 1. The van der Waals surface area contributed by atoms with Gasteiger partial charge in [0, 0.05) is 17.6 Å². The third-order valence-corrected chi connectivity index (χ3v) is 5.52. The second-order valence-electron chi connectivity index (χ2n) is 6.71.